The Bertz CT molecular complexity index is 462. The van der Waals surface area contributed by atoms with Crippen LogP contribution in [-0.4, -0.2) is 11.0 Å². The van der Waals surface area contributed by atoms with Gasteiger partial charge in [-0.1, -0.05) is 12.1 Å². The van der Waals surface area contributed by atoms with Crippen LogP contribution in [-0.2, 0) is 5.66 Å². The summed E-state index contributed by atoms with van der Waals surface area (Å²) < 4.78 is 0. The number of nitrogens with zero attached hydrogens (tertiary/aromatic N) is 1. The molecule has 3 N–H and O–H groups in total. The number of hydrazine groups is 1. The number of hydrogen-bond acceptors (Lipinski definition) is 4. The number of amides is 2. The van der Waals surface area contributed by atoms with E-state index >= 15 is 0 Å². The zero-order valence-electron chi connectivity index (χ0n) is 8.48. The highest BCUT2D eigenvalue weighted by atomic mass is 16.6. The molecule has 1 fully saturated rings. The van der Waals surface area contributed by atoms with E-state index in [0.717, 1.165) is 0 Å². The van der Waals surface area contributed by atoms with Gasteiger partial charge < -0.3 is 5.32 Å². The summed E-state index contributed by atoms with van der Waals surface area (Å²) in [7, 11) is 0. The maximum absolute atomic E-state index is 11.1. The van der Waals surface area contributed by atoms with Crippen LogP contribution < -0.4 is 16.2 Å². The summed E-state index contributed by atoms with van der Waals surface area (Å²) in [6.07, 6.45) is 0. The van der Waals surface area contributed by atoms with Crippen LogP contribution in [0.4, 0.5) is 10.5 Å². The zero-order valence-corrected chi connectivity index (χ0v) is 8.48. The van der Waals surface area contributed by atoms with Crippen LogP contribution in [0, 0.1) is 10.1 Å². The summed E-state index contributed by atoms with van der Waals surface area (Å²) in [5, 5.41) is 13.4. The van der Waals surface area contributed by atoms with E-state index in [1.165, 1.54) is 6.07 Å². The van der Waals surface area contributed by atoms with Crippen molar-refractivity contribution in [3.8, 4) is 0 Å². The molecule has 1 heterocycles. The summed E-state index contributed by atoms with van der Waals surface area (Å²) in [5.41, 5.74) is 4.42. The van der Waals surface area contributed by atoms with Crippen LogP contribution >= 0.6 is 0 Å². The first-order chi connectivity index (χ1) is 7.53. The number of urea groups is 1. The fraction of sp³-hybridized carbons (Fsp3) is 0.222. The van der Waals surface area contributed by atoms with Gasteiger partial charge in [-0.15, -0.1) is 0 Å². The molecule has 1 saturated heterocycles. The van der Waals surface area contributed by atoms with Gasteiger partial charge in [-0.25, -0.2) is 10.2 Å². The van der Waals surface area contributed by atoms with Gasteiger partial charge in [-0.3, -0.25) is 15.5 Å². The van der Waals surface area contributed by atoms with E-state index in [4.69, 9.17) is 0 Å². The molecule has 2 rings (SSSR count). The Balaban J connectivity index is 2.47. The highest BCUT2D eigenvalue weighted by molar-refractivity contribution is 5.77. The molecule has 1 atom stereocenters. The van der Waals surface area contributed by atoms with Crippen molar-refractivity contribution in [2.75, 3.05) is 0 Å². The molecule has 0 spiro atoms. The number of carbonyl (C=O) groups is 1. The molecule has 0 saturated carbocycles. The average Bonchev–Trinajstić information content (AvgIpc) is 2.60. The number of para-hydroxylation sites is 1. The molecule has 7 nitrogen and oxygen atoms in total. The van der Waals surface area contributed by atoms with E-state index in [0.29, 0.717) is 5.56 Å². The van der Waals surface area contributed by atoms with E-state index in [1.807, 2.05) is 0 Å². The fourth-order valence-electron chi connectivity index (χ4n) is 1.66. The second-order valence-electron chi connectivity index (χ2n) is 3.60. The van der Waals surface area contributed by atoms with E-state index in [-0.39, 0.29) is 5.69 Å². The Kier molecular flexibility index (Phi) is 2.24. The number of nitro benzene ring substituents is 1. The lowest BCUT2D eigenvalue weighted by Crippen LogP contribution is -2.44. The van der Waals surface area contributed by atoms with Gasteiger partial charge in [0.05, 0.1) is 10.5 Å². The molecular weight excluding hydrogens is 212 g/mol. The third-order valence-corrected chi connectivity index (χ3v) is 2.43. The zero-order chi connectivity index (χ0) is 11.8. The quantitative estimate of drug-likeness (QED) is 0.504. The van der Waals surface area contributed by atoms with Gasteiger partial charge in [0.1, 0.15) is 5.66 Å². The largest absolute Gasteiger partial charge is 0.330 e. The minimum atomic E-state index is -0.971. The van der Waals surface area contributed by atoms with E-state index in [1.54, 1.807) is 25.1 Å². The standard InChI is InChI=1S/C9H10N4O3/c1-9(10-8(14)11-12-9)6-4-2-3-5-7(6)13(15)16/h2-5,12H,1H3,(H2,10,11,14). The van der Waals surface area contributed by atoms with Crippen molar-refractivity contribution in [2.24, 2.45) is 0 Å². The third kappa shape index (κ3) is 1.57. The van der Waals surface area contributed by atoms with Crippen molar-refractivity contribution in [3.63, 3.8) is 0 Å². The number of benzene rings is 1. The van der Waals surface area contributed by atoms with Gasteiger partial charge in [-0.2, -0.15) is 0 Å². The molecule has 1 aromatic rings. The lowest BCUT2D eigenvalue weighted by atomic mass is 10.0. The number of hydrogen-bond donors (Lipinski definition) is 3. The molecule has 0 aromatic heterocycles. The minimum absolute atomic E-state index is 0.0403. The Morgan fingerprint density at radius 2 is 2.06 bits per heavy atom. The lowest BCUT2D eigenvalue weighted by molar-refractivity contribution is -0.386. The van der Waals surface area contributed by atoms with Gasteiger partial charge in [0.25, 0.3) is 5.69 Å². The number of nitrogens with one attached hydrogen (secondary N) is 3. The number of carbonyl (C=O) groups excluding carboxylic acids is 1. The van der Waals surface area contributed by atoms with Crippen molar-refractivity contribution >= 4 is 11.7 Å². The fourth-order valence-corrected chi connectivity index (χ4v) is 1.66. The van der Waals surface area contributed by atoms with Crippen molar-refractivity contribution in [2.45, 2.75) is 12.6 Å². The monoisotopic (exact) mass is 222 g/mol. The van der Waals surface area contributed by atoms with Crippen LogP contribution in [0.3, 0.4) is 0 Å². The minimum Gasteiger partial charge on any atom is -0.313 e. The van der Waals surface area contributed by atoms with Crippen molar-refractivity contribution in [1.82, 2.24) is 16.2 Å². The van der Waals surface area contributed by atoms with Gasteiger partial charge in [0, 0.05) is 6.07 Å². The maximum atomic E-state index is 11.1. The summed E-state index contributed by atoms with van der Waals surface area (Å²) >= 11 is 0. The molecule has 1 unspecified atom stereocenters. The number of rotatable bonds is 2. The van der Waals surface area contributed by atoms with Gasteiger partial charge in [0.2, 0.25) is 0 Å². The highest BCUT2D eigenvalue weighted by Crippen LogP contribution is 2.28. The average molecular weight is 222 g/mol. The molecule has 84 valence electrons. The molecule has 0 radical (unpaired) electrons. The predicted molar refractivity (Wildman–Crippen MR) is 55.3 cm³/mol. The first-order valence-corrected chi connectivity index (χ1v) is 4.62. The molecule has 1 aromatic carbocycles. The summed E-state index contributed by atoms with van der Waals surface area (Å²) in [6.45, 7) is 1.65. The topological polar surface area (TPSA) is 96.3 Å². The summed E-state index contributed by atoms with van der Waals surface area (Å²) in [6, 6.07) is 5.83. The highest BCUT2D eigenvalue weighted by Gasteiger charge is 2.38. The summed E-state index contributed by atoms with van der Waals surface area (Å²) in [5.74, 6) is 0. The van der Waals surface area contributed by atoms with Gasteiger partial charge >= 0.3 is 6.03 Å². The summed E-state index contributed by atoms with van der Waals surface area (Å²) in [4.78, 5) is 21.4. The van der Waals surface area contributed by atoms with Crippen molar-refractivity contribution < 1.29 is 9.72 Å². The normalized spacial score (nSPS) is 23.7. The van der Waals surface area contributed by atoms with E-state index in [2.05, 4.69) is 16.2 Å². The van der Waals surface area contributed by atoms with E-state index in [9.17, 15) is 14.9 Å². The predicted octanol–water partition coefficient (Wildman–Crippen LogP) is 0.585. The molecule has 1 aliphatic heterocycles. The Morgan fingerprint density at radius 1 is 1.38 bits per heavy atom. The molecular formula is C9H10N4O3. The smallest absolute Gasteiger partial charge is 0.313 e. The Labute approximate surface area is 91.0 Å². The van der Waals surface area contributed by atoms with Crippen molar-refractivity contribution in [1.29, 1.82) is 0 Å². The van der Waals surface area contributed by atoms with Gasteiger partial charge in [0.15, 0.2) is 0 Å². The molecule has 1 aliphatic rings. The van der Waals surface area contributed by atoms with E-state index < -0.39 is 16.6 Å². The molecule has 7 heteroatoms. The van der Waals surface area contributed by atoms with Crippen LogP contribution in [0.2, 0.25) is 0 Å². The second-order valence-corrected chi connectivity index (χ2v) is 3.60. The van der Waals surface area contributed by atoms with Crippen LogP contribution in [0.25, 0.3) is 0 Å². The Hall–Kier alpha value is -2.15. The molecule has 0 aliphatic carbocycles. The molecule has 0 bridgehead atoms. The molecule has 16 heavy (non-hydrogen) atoms. The second kappa shape index (κ2) is 3.46. The lowest BCUT2D eigenvalue weighted by Gasteiger charge is -2.22. The van der Waals surface area contributed by atoms with Crippen LogP contribution in [0.1, 0.15) is 12.5 Å². The first kappa shape index (κ1) is 10.4. The van der Waals surface area contributed by atoms with Gasteiger partial charge in [-0.05, 0) is 13.0 Å². The third-order valence-electron chi connectivity index (χ3n) is 2.43. The maximum Gasteiger partial charge on any atom is 0.330 e. The Morgan fingerprint density at radius 3 is 2.62 bits per heavy atom. The van der Waals surface area contributed by atoms with Crippen molar-refractivity contribution in [3.05, 3.63) is 39.9 Å². The van der Waals surface area contributed by atoms with Crippen LogP contribution in [0.5, 0.6) is 0 Å². The SMILES string of the molecule is CC1(c2ccccc2[N+](=O)[O-])NNC(=O)N1. The first-order valence-electron chi connectivity index (χ1n) is 4.62. The number of nitro groups is 1. The van der Waals surface area contributed by atoms with Crippen LogP contribution in [0.15, 0.2) is 24.3 Å². The molecule has 2 amide bonds.